The molecule has 4 bridgehead atoms. The summed E-state index contributed by atoms with van der Waals surface area (Å²) in [5.74, 6) is 2.30. The van der Waals surface area contributed by atoms with E-state index in [1.807, 2.05) is 26.8 Å². The number of cyclic esters (lactones) is 1. The first-order valence-corrected chi connectivity index (χ1v) is 20.5. The molecule has 5 fully saturated rings. The molecule has 0 aromatic carbocycles. The fourth-order valence-corrected chi connectivity index (χ4v) is 8.56. The summed E-state index contributed by atoms with van der Waals surface area (Å²) in [4.78, 5) is 27.9. The zero-order chi connectivity index (χ0) is 42.5. The zero-order valence-electron chi connectivity index (χ0n) is 35.9. The monoisotopic (exact) mass is 822 g/mol. The van der Waals surface area contributed by atoms with E-state index in [-0.39, 0.29) is 31.8 Å². The van der Waals surface area contributed by atoms with Gasteiger partial charge >= 0.3 is 5.97 Å². The summed E-state index contributed by atoms with van der Waals surface area (Å²) < 4.78 is 67.5. The molecule has 5 heterocycles. The first-order chi connectivity index (χ1) is 27.5. The molecule has 5 aliphatic heterocycles. The molecule has 0 spiro atoms. The smallest absolute Gasteiger partial charge is 0.309 e. The Labute approximate surface area is 343 Å². The van der Waals surface area contributed by atoms with Gasteiger partial charge in [0.1, 0.15) is 42.7 Å². The highest BCUT2D eigenvalue weighted by Crippen LogP contribution is 2.46. The van der Waals surface area contributed by atoms with Crippen molar-refractivity contribution >= 4 is 11.8 Å². The van der Waals surface area contributed by atoms with Gasteiger partial charge in [0.05, 0.1) is 43.5 Å². The number of carbonyl (C=O) groups is 2. The second-order valence-electron chi connectivity index (χ2n) is 17.2. The van der Waals surface area contributed by atoms with Crippen LogP contribution in [-0.4, -0.2) is 149 Å². The van der Waals surface area contributed by atoms with Gasteiger partial charge in [-0.1, -0.05) is 59.5 Å². The standard InChI is InChI=1S/C43H66O15/c1-23(2)16-14-12-13-15-17-32-42(6,7)33-18-24(3)43(47,58-33)31(44)20-27-19-28(25(4)29(54-27)21-34(45)56-32)55-40-38(50-10)36(30(48-8)22-52-40)57-41-39(51-11)37(49-9)35(46)26(5)53-41/h14-17,23-30,32-33,35-41,46-47H,18-22H2,1-11H3/b16-14+,17-15+/t24-,25-,26+,27+,28+,29+,30-,32-,33-,35-,36+,37+,38-,39+,40+,41+,43+/m1/s1. The Balaban J connectivity index is 1.40. The van der Waals surface area contributed by atoms with E-state index in [9.17, 15) is 19.8 Å². The molecule has 0 radical (unpaired) electrons. The highest BCUT2D eigenvalue weighted by Gasteiger charge is 2.57. The molecule has 0 aliphatic carbocycles. The maximum atomic E-state index is 14.0. The number of hydrogen-bond acceptors (Lipinski definition) is 15. The maximum Gasteiger partial charge on any atom is 0.309 e. The Kier molecular flexibility index (Phi) is 16.2. The van der Waals surface area contributed by atoms with Crippen molar-refractivity contribution in [3.63, 3.8) is 0 Å². The van der Waals surface area contributed by atoms with Crippen molar-refractivity contribution in [1.29, 1.82) is 0 Å². The molecule has 0 aromatic rings. The lowest BCUT2D eigenvalue weighted by molar-refractivity contribution is -0.358. The quantitative estimate of drug-likeness (QED) is 0.243. The summed E-state index contributed by atoms with van der Waals surface area (Å²) in [5.41, 5.74) is -0.845. The lowest BCUT2D eigenvalue weighted by Gasteiger charge is -2.48. The zero-order valence-corrected chi connectivity index (χ0v) is 35.9. The molecule has 2 N–H and O–H groups in total. The van der Waals surface area contributed by atoms with Gasteiger partial charge in [-0.25, -0.2) is 0 Å². The van der Waals surface area contributed by atoms with Crippen LogP contribution in [0.3, 0.4) is 0 Å². The minimum Gasteiger partial charge on any atom is -0.457 e. The van der Waals surface area contributed by atoms with Gasteiger partial charge in [0.15, 0.2) is 18.4 Å². The summed E-state index contributed by atoms with van der Waals surface area (Å²) >= 11 is 0. The number of aliphatic hydroxyl groups is 2. The predicted octanol–water partition coefficient (Wildman–Crippen LogP) is 3.26. The number of fused-ring (bicyclic) bond motifs is 4. The second-order valence-corrected chi connectivity index (χ2v) is 17.2. The van der Waals surface area contributed by atoms with Gasteiger partial charge in [-0.2, -0.15) is 0 Å². The van der Waals surface area contributed by atoms with Crippen molar-refractivity contribution in [2.45, 2.75) is 166 Å². The van der Waals surface area contributed by atoms with Crippen LogP contribution < -0.4 is 0 Å². The van der Waals surface area contributed by atoms with Crippen molar-refractivity contribution in [3.05, 3.63) is 24.3 Å². The number of hydrogen-bond donors (Lipinski definition) is 2. The molecule has 58 heavy (non-hydrogen) atoms. The Morgan fingerprint density at radius 3 is 2.16 bits per heavy atom. The molecular weight excluding hydrogens is 756 g/mol. The highest BCUT2D eigenvalue weighted by molar-refractivity contribution is 5.86. The third-order valence-corrected chi connectivity index (χ3v) is 12.5. The molecule has 15 heteroatoms. The fourth-order valence-electron chi connectivity index (χ4n) is 8.56. The van der Waals surface area contributed by atoms with Crippen molar-refractivity contribution < 1.29 is 71.9 Å². The van der Waals surface area contributed by atoms with E-state index in [4.69, 9.17) is 52.1 Å². The number of Topliss-reactive ketones (excluding diaryl/α,β-unsaturated/α-hetero) is 1. The fraction of sp³-hybridized carbons (Fsp3) is 0.814. The molecule has 5 aliphatic rings. The summed E-state index contributed by atoms with van der Waals surface area (Å²) in [6.07, 6.45) is -3.31. The van der Waals surface area contributed by atoms with E-state index in [0.29, 0.717) is 12.3 Å². The van der Waals surface area contributed by atoms with Crippen LogP contribution >= 0.6 is 0 Å². The highest BCUT2D eigenvalue weighted by atomic mass is 16.8. The lowest BCUT2D eigenvalue weighted by atomic mass is 9.77. The summed E-state index contributed by atoms with van der Waals surface area (Å²) in [6, 6.07) is 0. The normalized spacial score (nSPS) is 43.7. The van der Waals surface area contributed by atoms with Crippen LogP contribution in [0.25, 0.3) is 0 Å². The third kappa shape index (κ3) is 10.2. The third-order valence-electron chi connectivity index (χ3n) is 12.5. The average Bonchev–Trinajstić information content (AvgIpc) is 3.50. The van der Waals surface area contributed by atoms with E-state index in [1.165, 1.54) is 28.4 Å². The van der Waals surface area contributed by atoms with E-state index >= 15 is 0 Å². The average molecular weight is 823 g/mol. The SMILES string of the molecule is CO[C@@H]1[C@H](O[C@@H]2[C@@H](OC)[C@H](O[C@H]3C[C@H]4CC(=O)[C@@]5(O)O[C@H](C[C@H]5C)C(C)(C)[C@@H](/C=C/C#C/C=C/C(C)C)OC(=O)C[C@H](O4)[C@@H]3C)OC[C@H]2OC)O[C@@H](C)[C@@H](O)[C@@H]1OC. The predicted molar refractivity (Wildman–Crippen MR) is 208 cm³/mol. The maximum absolute atomic E-state index is 14.0. The van der Waals surface area contributed by atoms with E-state index < -0.39 is 115 Å². The molecule has 0 saturated carbocycles. The Hall–Kier alpha value is -2.30. The molecule has 0 amide bonds. The summed E-state index contributed by atoms with van der Waals surface area (Å²) in [6.45, 7) is 13.4. The van der Waals surface area contributed by atoms with Gasteiger partial charge in [-0.15, -0.1) is 0 Å². The van der Waals surface area contributed by atoms with E-state index in [0.717, 1.165) is 0 Å². The number of methoxy groups -OCH3 is 4. The van der Waals surface area contributed by atoms with Gasteiger partial charge in [0.2, 0.25) is 5.79 Å². The molecule has 0 unspecified atom stereocenters. The number of carbonyl (C=O) groups excluding carboxylic acids is 2. The molecule has 5 rings (SSSR count). The molecule has 15 nitrogen and oxygen atoms in total. The molecule has 5 saturated heterocycles. The van der Waals surface area contributed by atoms with Crippen LogP contribution in [0.4, 0.5) is 0 Å². The lowest BCUT2D eigenvalue weighted by Crippen LogP contribution is -2.63. The first kappa shape index (κ1) is 46.8. The topological polar surface area (TPSA) is 176 Å². The van der Waals surface area contributed by atoms with Gasteiger partial charge < -0.3 is 62.3 Å². The van der Waals surface area contributed by atoms with Crippen LogP contribution in [-0.2, 0) is 61.7 Å². The van der Waals surface area contributed by atoms with Crippen LogP contribution in [0, 0.1) is 35.0 Å². The summed E-state index contributed by atoms with van der Waals surface area (Å²) in [7, 11) is 6.01. The van der Waals surface area contributed by atoms with Crippen molar-refractivity contribution in [3.8, 4) is 11.8 Å². The minimum absolute atomic E-state index is 0.0731. The number of aliphatic hydroxyl groups excluding tert-OH is 1. The Morgan fingerprint density at radius 1 is 0.828 bits per heavy atom. The number of ether oxygens (including phenoxy) is 11. The first-order valence-electron chi connectivity index (χ1n) is 20.5. The van der Waals surface area contributed by atoms with Crippen LogP contribution in [0.1, 0.15) is 74.1 Å². The molecule has 328 valence electrons. The van der Waals surface area contributed by atoms with Gasteiger partial charge in [-0.3, -0.25) is 9.59 Å². The second kappa shape index (κ2) is 20.0. The number of esters is 1. The summed E-state index contributed by atoms with van der Waals surface area (Å²) in [5, 5.41) is 22.6. The minimum atomic E-state index is -2.07. The van der Waals surface area contributed by atoms with Crippen LogP contribution in [0.2, 0.25) is 0 Å². The van der Waals surface area contributed by atoms with Gasteiger partial charge in [0.25, 0.3) is 0 Å². The Bertz CT molecular complexity index is 1500. The number of ketones is 1. The van der Waals surface area contributed by atoms with E-state index in [2.05, 4.69) is 25.7 Å². The van der Waals surface area contributed by atoms with Crippen molar-refractivity contribution in [2.24, 2.45) is 23.2 Å². The number of allylic oxidation sites excluding steroid dienone is 3. The largest absolute Gasteiger partial charge is 0.457 e. The van der Waals surface area contributed by atoms with Crippen LogP contribution in [0.15, 0.2) is 24.3 Å². The molecule has 0 aromatic heterocycles. The van der Waals surface area contributed by atoms with Gasteiger partial charge in [-0.05, 0) is 37.5 Å². The van der Waals surface area contributed by atoms with Crippen molar-refractivity contribution in [2.75, 3.05) is 35.0 Å². The molecular formula is C43H66O15. The van der Waals surface area contributed by atoms with Gasteiger partial charge in [0, 0.05) is 58.5 Å². The Morgan fingerprint density at radius 2 is 1.50 bits per heavy atom. The van der Waals surface area contributed by atoms with E-state index in [1.54, 1.807) is 32.1 Å². The number of rotatable bonds is 10. The molecule has 17 atom stereocenters. The van der Waals surface area contributed by atoms with Crippen LogP contribution in [0.5, 0.6) is 0 Å². The van der Waals surface area contributed by atoms with Crippen molar-refractivity contribution in [1.82, 2.24) is 0 Å².